The predicted molar refractivity (Wildman–Crippen MR) is 125 cm³/mol. The molecule has 3 aromatic heterocycles. The lowest BCUT2D eigenvalue weighted by Gasteiger charge is -2.33. The smallest absolute Gasteiger partial charge is 0.307 e. The van der Waals surface area contributed by atoms with Crippen molar-refractivity contribution in [2.24, 2.45) is 0 Å². The zero-order valence-corrected chi connectivity index (χ0v) is 19.4. The van der Waals surface area contributed by atoms with Crippen LogP contribution in [0.15, 0.2) is 67.5 Å². The van der Waals surface area contributed by atoms with Crippen molar-refractivity contribution in [2.45, 2.75) is 0 Å². The normalized spacial score (nSPS) is 15.0. The number of amides is 1. The third kappa shape index (κ3) is 4.20. The number of carbonyl (C=O) groups excluding carboxylic acids is 1. The molecule has 34 heavy (non-hydrogen) atoms. The SMILES string of the molecule is O=C(c1ncc(-c2cc[n+]([O-])cc2)cn1)N1CCN(S(=O)(=O)n2cc3ccc(Cl)cc3c2)CC1. The number of hydrogen-bond acceptors (Lipinski definition) is 6. The van der Waals surface area contributed by atoms with Crippen LogP contribution in [0.5, 0.6) is 0 Å². The number of nitrogens with zero attached hydrogens (tertiary/aromatic N) is 6. The molecule has 174 valence electrons. The van der Waals surface area contributed by atoms with Gasteiger partial charge >= 0.3 is 10.2 Å². The molecular formula is C22H19ClN6O4S. The summed E-state index contributed by atoms with van der Waals surface area (Å²) in [5, 5.41) is 13.2. The Kier molecular flexibility index (Phi) is 5.68. The molecule has 0 radical (unpaired) electrons. The van der Waals surface area contributed by atoms with Gasteiger partial charge in [-0.15, -0.1) is 0 Å². The van der Waals surface area contributed by atoms with Crippen LogP contribution in [0.4, 0.5) is 0 Å². The molecular weight excluding hydrogens is 480 g/mol. The summed E-state index contributed by atoms with van der Waals surface area (Å²) in [6.45, 7) is 0.747. The lowest BCUT2D eigenvalue weighted by Crippen LogP contribution is -2.51. The van der Waals surface area contributed by atoms with Crippen LogP contribution >= 0.6 is 11.6 Å². The molecule has 4 heterocycles. The third-order valence-electron chi connectivity index (χ3n) is 5.68. The highest BCUT2D eigenvalue weighted by atomic mass is 35.5. The Morgan fingerprint density at radius 2 is 1.59 bits per heavy atom. The Balaban J connectivity index is 1.26. The Labute approximate surface area is 200 Å². The topological polar surface area (TPSA) is 115 Å². The second-order valence-electron chi connectivity index (χ2n) is 7.80. The van der Waals surface area contributed by atoms with E-state index in [9.17, 15) is 18.4 Å². The van der Waals surface area contributed by atoms with E-state index in [-0.39, 0.29) is 37.9 Å². The summed E-state index contributed by atoms with van der Waals surface area (Å²) < 4.78 is 29.4. The highest BCUT2D eigenvalue weighted by Gasteiger charge is 2.31. The third-order valence-corrected chi connectivity index (χ3v) is 7.68. The van der Waals surface area contributed by atoms with Crippen LogP contribution in [0.3, 0.4) is 0 Å². The molecule has 5 rings (SSSR count). The van der Waals surface area contributed by atoms with E-state index < -0.39 is 10.2 Å². The molecule has 0 atom stereocenters. The minimum absolute atomic E-state index is 0.0309. The highest BCUT2D eigenvalue weighted by molar-refractivity contribution is 7.87. The van der Waals surface area contributed by atoms with E-state index in [1.165, 1.54) is 44.2 Å². The summed E-state index contributed by atoms with van der Waals surface area (Å²) in [7, 11) is -3.78. The van der Waals surface area contributed by atoms with Gasteiger partial charge in [-0.1, -0.05) is 17.7 Å². The van der Waals surface area contributed by atoms with Crippen molar-refractivity contribution >= 4 is 38.5 Å². The summed E-state index contributed by atoms with van der Waals surface area (Å²) in [4.78, 5) is 22.7. The van der Waals surface area contributed by atoms with E-state index in [2.05, 4.69) is 9.97 Å². The van der Waals surface area contributed by atoms with E-state index in [1.807, 2.05) is 0 Å². The molecule has 1 amide bonds. The van der Waals surface area contributed by atoms with Crippen LogP contribution in [0.25, 0.3) is 21.9 Å². The molecule has 1 saturated heterocycles. The summed E-state index contributed by atoms with van der Waals surface area (Å²) in [5.41, 5.74) is 1.43. The average molecular weight is 499 g/mol. The van der Waals surface area contributed by atoms with Crippen molar-refractivity contribution in [3.05, 3.63) is 83.6 Å². The van der Waals surface area contributed by atoms with Crippen molar-refractivity contribution in [2.75, 3.05) is 26.2 Å². The van der Waals surface area contributed by atoms with Gasteiger partial charge in [0.2, 0.25) is 5.82 Å². The van der Waals surface area contributed by atoms with Gasteiger partial charge in [0.15, 0.2) is 12.4 Å². The fraction of sp³-hybridized carbons (Fsp3) is 0.182. The molecule has 0 spiro atoms. The maximum atomic E-state index is 13.1. The number of fused-ring (bicyclic) bond motifs is 1. The zero-order chi connectivity index (χ0) is 23.9. The number of hydrogen-bond donors (Lipinski definition) is 0. The Morgan fingerprint density at radius 3 is 2.26 bits per heavy atom. The van der Waals surface area contributed by atoms with Crippen LogP contribution in [-0.2, 0) is 10.2 Å². The summed E-state index contributed by atoms with van der Waals surface area (Å²) in [6.07, 6.45) is 8.87. The second-order valence-corrected chi connectivity index (χ2v) is 10.1. The minimum atomic E-state index is -3.78. The van der Waals surface area contributed by atoms with Gasteiger partial charge in [-0.05, 0) is 17.7 Å². The predicted octanol–water partition coefficient (Wildman–Crippen LogP) is 1.94. The van der Waals surface area contributed by atoms with Crippen molar-refractivity contribution < 1.29 is 17.9 Å². The highest BCUT2D eigenvalue weighted by Crippen LogP contribution is 2.23. The standard InChI is InChI=1S/C22H19ClN6O4S/c23-20-2-1-17-14-29(15-18(17)11-20)34(32,33)28-9-7-26(8-10-28)22(30)21-24-12-19(13-25-21)16-3-5-27(31)6-4-16/h1-6,11-15H,7-10H2. The second kappa shape index (κ2) is 8.67. The van der Waals surface area contributed by atoms with Gasteiger partial charge in [-0.3, -0.25) is 4.79 Å². The molecule has 1 aliphatic rings. The van der Waals surface area contributed by atoms with Crippen molar-refractivity contribution in [1.29, 1.82) is 0 Å². The van der Waals surface area contributed by atoms with E-state index in [0.29, 0.717) is 15.3 Å². The van der Waals surface area contributed by atoms with Gasteiger partial charge in [0.1, 0.15) is 0 Å². The molecule has 1 aromatic carbocycles. The van der Waals surface area contributed by atoms with Gasteiger partial charge in [-0.2, -0.15) is 17.5 Å². The number of pyridine rings is 1. The number of piperazine rings is 1. The van der Waals surface area contributed by atoms with Gasteiger partial charge in [-0.25, -0.2) is 13.9 Å². The number of carbonyl (C=O) groups is 1. The maximum Gasteiger partial charge on any atom is 0.307 e. The Morgan fingerprint density at radius 1 is 0.941 bits per heavy atom. The van der Waals surface area contributed by atoms with Gasteiger partial charge < -0.3 is 10.1 Å². The lowest BCUT2D eigenvalue weighted by molar-refractivity contribution is -0.605. The summed E-state index contributed by atoms with van der Waals surface area (Å²) in [6, 6.07) is 8.46. The monoisotopic (exact) mass is 498 g/mol. The average Bonchev–Trinajstić information content (AvgIpc) is 3.28. The summed E-state index contributed by atoms with van der Waals surface area (Å²) in [5.74, 6) is -0.334. The molecule has 10 nitrogen and oxygen atoms in total. The molecule has 0 bridgehead atoms. The van der Waals surface area contributed by atoms with Crippen LogP contribution in [0.2, 0.25) is 5.02 Å². The van der Waals surface area contributed by atoms with Crippen LogP contribution in [0.1, 0.15) is 10.6 Å². The van der Waals surface area contributed by atoms with E-state index in [4.69, 9.17) is 11.6 Å². The number of rotatable bonds is 4. The van der Waals surface area contributed by atoms with Gasteiger partial charge in [0.25, 0.3) is 5.91 Å². The molecule has 1 fully saturated rings. The fourth-order valence-corrected chi connectivity index (χ4v) is 5.37. The first-order chi connectivity index (χ1) is 16.3. The van der Waals surface area contributed by atoms with E-state index in [1.54, 1.807) is 36.5 Å². The number of aromatic nitrogens is 4. The molecule has 0 aliphatic carbocycles. The maximum absolute atomic E-state index is 13.1. The fourth-order valence-electron chi connectivity index (χ4n) is 3.81. The molecule has 12 heteroatoms. The molecule has 0 saturated carbocycles. The molecule has 0 unspecified atom stereocenters. The first kappa shape index (κ1) is 22.3. The number of halogens is 1. The molecule has 1 aliphatic heterocycles. The van der Waals surface area contributed by atoms with Crippen molar-refractivity contribution in [3.8, 4) is 11.1 Å². The molecule has 0 N–H and O–H groups in total. The lowest BCUT2D eigenvalue weighted by atomic mass is 10.1. The van der Waals surface area contributed by atoms with Crippen LogP contribution in [-0.4, -0.2) is 63.6 Å². The van der Waals surface area contributed by atoms with Crippen molar-refractivity contribution in [1.82, 2.24) is 23.1 Å². The first-order valence-corrected chi connectivity index (χ1v) is 12.2. The van der Waals surface area contributed by atoms with Crippen LogP contribution in [0, 0.1) is 5.21 Å². The van der Waals surface area contributed by atoms with Gasteiger partial charge in [0.05, 0.1) is 0 Å². The quantitative estimate of drug-likeness (QED) is 0.313. The Bertz CT molecular complexity index is 1460. The summed E-state index contributed by atoms with van der Waals surface area (Å²) >= 11 is 6.00. The largest absolute Gasteiger partial charge is 0.619 e. The molecule has 4 aromatic rings. The zero-order valence-electron chi connectivity index (χ0n) is 17.8. The minimum Gasteiger partial charge on any atom is -0.619 e. The van der Waals surface area contributed by atoms with E-state index >= 15 is 0 Å². The van der Waals surface area contributed by atoms with Gasteiger partial charge in [0, 0.05) is 84.5 Å². The first-order valence-electron chi connectivity index (χ1n) is 10.4. The van der Waals surface area contributed by atoms with E-state index in [0.717, 1.165) is 16.3 Å². The van der Waals surface area contributed by atoms with Crippen LogP contribution < -0.4 is 4.73 Å². The number of benzene rings is 1. The van der Waals surface area contributed by atoms with Crippen molar-refractivity contribution in [3.63, 3.8) is 0 Å². The Hall–Kier alpha value is -3.54.